The molecule has 3 aromatic rings. The van der Waals surface area contributed by atoms with Gasteiger partial charge in [-0.3, -0.25) is 0 Å². The van der Waals surface area contributed by atoms with Crippen LogP contribution >= 0.6 is 0 Å². The Morgan fingerprint density at radius 2 is 1.67 bits per heavy atom. The van der Waals surface area contributed by atoms with E-state index in [9.17, 15) is 0 Å². The lowest BCUT2D eigenvalue weighted by Crippen LogP contribution is -2.33. The second-order valence-electron chi connectivity index (χ2n) is 5.45. The molecule has 0 spiro atoms. The minimum Gasteiger partial charge on any atom is -0.371 e. The molecule has 2 aromatic carbocycles. The number of hydrogen-bond donors (Lipinski definition) is 0. The van der Waals surface area contributed by atoms with Crippen molar-refractivity contribution >= 4 is 16.7 Å². The van der Waals surface area contributed by atoms with E-state index in [4.69, 9.17) is 0 Å². The average molecular weight is 278 g/mol. The van der Waals surface area contributed by atoms with Gasteiger partial charge in [0, 0.05) is 24.3 Å². The van der Waals surface area contributed by atoms with Crippen LogP contribution in [0.15, 0.2) is 48.5 Å². The fourth-order valence-corrected chi connectivity index (χ4v) is 3.20. The Hall–Kier alpha value is -2.36. The quantitative estimate of drug-likeness (QED) is 0.721. The van der Waals surface area contributed by atoms with Crippen LogP contribution in [0, 0.1) is 0 Å². The normalized spacial score (nSPS) is 18.0. The predicted molar refractivity (Wildman–Crippen MR) is 84.6 cm³/mol. The minimum absolute atomic E-state index is 0.233. The molecule has 1 aliphatic rings. The number of para-hydroxylation sites is 1. The molecular weight excluding hydrogens is 260 g/mol. The standard InChI is InChI=1S/C17H18N4/c1-2-20-12-11-17(13-7-3-6-10-16(13)20)21-18-14-8-4-5-9-15(14)19-21/h3-10,17H,2,11-12H2,1H3. The number of rotatable bonds is 2. The number of hydrogen-bond acceptors (Lipinski definition) is 3. The van der Waals surface area contributed by atoms with Crippen LogP contribution in [-0.2, 0) is 0 Å². The fraction of sp³-hybridized carbons (Fsp3) is 0.294. The van der Waals surface area contributed by atoms with E-state index in [1.54, 1.807) is 0 Å². The Balaban J connectivity index is 1.82. The van der Waals surface area contributed by atoms with Gasteiger partial charge in [-0.2, -0.15) is 15.0 Å². The highest BCUT2D eigenvalue weighted by molar-refractivity contribution is 5.73. The third-order valence-corrected chi connectivity index (χ3v) is 4.27. The molecule has 106 valence electrons. The second-order valence-corrected chi connectivity index (χ2v) is 5.45. The summed E-state index contributed by atoms with van der Waals surface area (Å²) in [6.45, 7) is 4.30. The molecule has 0 fully saturated rings. The molecule has 4 heteroatoms. The van der Waals surface area contributed by atoms with Gasteiger partial charge in [-0.15, -0.1) is 0 Å². The number of benzene rings is 2. The van der Waals surface area contributed by atoms with Crippen molar-refractivity contribution in [3.63, 3.8) is 0 Å². The van der Waals surface area contributed by atoms with Crippen molar-refractivity contribution in [3.8, 4) is 0 Å². The van der Waals surface area contributed by atoms with Gasteiger partial charge in [-0.05, 0) is 31.5 Å². The molecule has 1 aromatic heterocycles. The lowest BCUT2D eigenvalue weighted by molar-refractivity contribution is 0.427. The highest BCUT2D eigenvalue weighted by Gasteiger charge is 2.26. The van der Waals surface area contributed by atoms with E-state index in [0.717, 1.165) is 30.5 Å². The zero-order valence-electron chi connectivity index (χ0n) is 12.1. The van der Waals surface area contributed by atoms with E-state index in [2.05, 4.69) is 46.3 Å². The lowest BCUT2D eigenvalue weighted by atomic mass is 9.97. The zero-order chi connectivity index (χ0) is 14.2. The van der Waals surface area contributed by atoms with Crippen molar-refractivity contribution in [2.24, 2.45) is 0 Å². The molecule has 0 amide bonds. The summed E-state index contributed by atoms with van der Waals surface area (Å²) < 4.78 is 0. The van der Waals surface area contributed by atoms with Gasteiger partial charge in [0.15, 0.2) is 0 Å². The second kappa shape index (κ2) is 4.88. The molecule has 0 bridgehead atoms. The van der Waals surface area contributed by atoms with Crippen LogP contribution in [0.1, 0.15) is 24.9 Å². The summed E-state index contributed by atoms with van der Waals surface area (Å²) in [5.74, 6) is 0. The lowest BCUT2D eigenvalue weighted by Gasteiger charge is -2.34. The van der Waals surface area contributed by atoms with Crippen molar-refractivity contribution in [3.05, 3.63) is 54.1 Å². The molecule has 21 heavy (non-hydrogen) atoms. The van der Waals surface area contributed by atoms with Crippen LogP contribution in [0.25, 0.3) is 11.0 Å². The molecular formula is C17H18N4. The topological polar surface area (TPSA) is 34.0 Å². The number of aromatic nitrogens is 3. The first-order valence-corrected chi connectivity index (χ1v) is 7.52. The summed E-state index contributed by atoms with van der Waals surface area (Å²) >= 11 is 0. The van der Waals surface area contributed by atoms with Crippen molar-refractivity contribution in [1.82, 2.24) is 15.0 Å². The maximum atomic E-state index is 4.67. The Bertz CT molecular complexity index is 744. The van der Waals surface area contributed by atoms with E-state index in [1.165, 1.54) is 11.3 Å². The monoisotopic (exact) mass is 278 g/mol. The Labute approximate surface area is 124 Å². The van der Waals surface area contributed by atoms with Crippen molar-refractivity contribution in [2.45, 2.75) is 19.4 Å². The van der Waals surface area contributed by atoms with Gasteiger partial charge >= 0.3 is 0 Å². The van der Waals surface area contributed by atoms with Crippen molar-refractivity contribution < 1.29 is 0 Å². The van der Waals surface area contributed by atoms with Crippen molar-refractivity contribution in [2.75, 3.05) is 18.0 Å². The van der Waals surface area contributed by atoms with Gasteiger partial charge in [0.1, 0.15) is 17.1 Å². The zero-order valence-corrected chi connectivity index (χ0v) is 12.1. The predicted octanol–water partition coefficient (Wildman–Crippen LogP) is 3.25. The van der Waals surface area contributed by atoms with Crippen molar-refractivity contribution in [1.29, 1.82) is 0 Å². The SMILES string of the molecule is CCN1CCC(n2nc3ccccc3n2)c2ccccc21. The highest BCUT2D eigenvalue weighted by Crippen LogP contribution is 2.35. The van der Waals surface area contributed by atoms with E-state index < -0.39 is 0 Å². The number of anilines is 1. The first-order valence-electron chi connectivity index (χ1n) is 7.52. The van der Waals surface area contributed by atoms with Gasteiger partial charge in [0.05, 0.1) is 0 Å². The summed E-state index contributed by atoms with van der Waals surface area (Å²) in [7, 11) is 0. The minimum atomic E-state index is 0.233. The first-order chi connectivity index (χ1) is 10.4. The maximum absolute atomic E-state index is 4.67. The van der Waals surface area contributed by atoms with Crippen LogP contribution in [0.2, 0.25) is 0 Å². The van der Waals surface area contributed by atoms with Gasteiger partial charge in [0.25, 0.3) is 0 Å². The maximum Gasteiger partial charge on any atom is 0.113 e. The molecule has 0 saturated heterocycles. The number of nitrogens with zero attached hydrogens (tertiary/aromatic N) is 4. The highest BCUT2D eigenvalue weighted by atomic mass is 15.5. The Morgan fingerprint density at radius 1 is 1.00 bits per heavy atom. The summed E-state index contributed by atoms with van der Waals surface area (Å²) in [6.07, 6.45) is 1.05. The summed E-state index contributed by atoms with van der Waals surface area (Å²) in [4.78, 5) is 4.32. The van der Waals surface area contributed by atoms with E-state index >= 15 is 0 Å². The molecule has 1 aliphatic heterocycles. The Morgan fingerprint density at radius 3 is 2.38 bits per heavy atom. The summed E-state index contributed by atoms with van der Waals surface area (Å²) in [5, 5.41) is 9.35. The molecule has 4 rings (SSSR count). The molecule has 1 unspecified atom stereocenters. The molecule has 0 N–H and O–H groups in total. The van der Waals surface area contributed by atoms with Crippen LogP contribution in [-0.4, -0.2) is 28.1 Å². The van der Waals surface area contributed by atoms with Gasteiger partial charge in [-0.1, -0.05) is 30.3 Å². The molecule has 0 aliphatic carbocycles. The largest absolute Gasteiger partial charge is 0.371 e. The molecule has 0 saturated carbocycles. The van der Waals surface area contributed by atoms with Gasteiger partial charge in [-0.25, -0.2) is 0 Å². The van der Waals surface area contributed by atoms with E-state index in [0.29, 0.717) is 0 Å². The first kappa shape index (κ1) is 12.4. The molecule has 2 heterocycles. The van der Waals surface area contributed by atoms with E-state index in [1.807, 2.05) is 29.1 Å². The van der Waals surface area contributed by atoms with Gasteiger partial charge < -0.3 is 4.90 Å². The summed E-state index contributed by atoms with van der Waals surface area (Å²) in [6, 6.07) is 16.9. The smallest absolute Gasteiger partial charge is 0.113 e. The molecule has 4 nitrogen and oxygen atoms in total. The van der Waals surface area contributed by atoms with E-state index in [-0.39, 0.29) is 6.04 Å². The average Bonchev–Trinajstić information content (AvgIpc) is 2.97. The van der Waals surface area contributed by atoms with Crippen LogP contribution in [0.3, 0.4) is 0 Å². The summed E-state index contributed by atoms with van der Waals surface area (Å²) in [5.41, 5.74) is 4.57. The Kier molecular flexibility index (Phi) is 2.88. The fourth-order valence-electron chi connectivity index (χ4n) is 3.20. The number of fused-ring (bicyclic) bond motifs is 2. The third-order valence-electron chi connectivity index (χ3n) is 4.27. The van der Waals surface area contributed by atoms with Crippen LogP contribution in [0.4, 0.5) is 5.69 Å². The van der Waals surface area contributed by atoms with Crippen LogP contribution < -0.4 is 4.90 Å². The molecule has 0 radical (unpaired) electrons. The molecule has 1 atom stereocenters. The van der Waals surface area contributed by atoms with Gasteiger partial charge in [0.2, 0.25) is 0 Å². The third kappa shape index (κ3) is 1.98. The van der Waals surface area contributed by atoms with Crippen LogP contribution in [0.5, 0.6) is 0 Å².